The van der Waals surface area contributed by atoms with Crippen molar-refractivity contribution in [1.82, 2.24) is 9.78 Å². The molecule has 5 rings (SSSR count). The summed E-state index contributed by atoms with van der Waals surface area (Å²) in [5, 5.41) is 9.28. The average Bonchev–Trinajstić information content (AvgIpc) is 3.28. The van der Waals surface area contributed by atoms with Crippen molar-refractivity contribution in [2.24, 2.45) is 5.73 Å². The second kappa shape index (κ2) is 9.55. The predicted molar refractivity (Wildman–Crippen MR) is 141 cm³/mol. The number of anilines is 2. The van der Waals surface area contributed by atoms with E-state index < -0.39 is 5.91 Å². The van der Waals surface area contributed by atoms with Crippen LogP contribution in [0.1, 0.15) is 66.7 Å². The Morgan fingerprint density at radius 1 is 1.11 bits per heavy atom. The van der Waals surface area contributed by atoms with Crippen molar-refractivity contribution < 1.29 is 9.53 Å². The number of hydrogen-bond acceptors (Lipinski definition) is 4. The van der Waals surface area contributed by atoms with Gasteiger partial charge in [-0.2, -0.15) is 5.10 Å². The topological polar surface area (TPSA) is 82.2 Å². The van der Waals surface area contributed by atoms with E-state index in [1.54, 1.807) is 0 Å². The summed E-state index contributed by atoms with van der Waals surface area (Å²) < 4.78 is 8.01. The molecule has 6 heteroatoms. The van der Waals surface area contributed by atoms with Gasteiger partial charge in [-0.15, -0.1) is 0 Å². The van der Waals surface area contributed by atoms with E-state index in [0.29, 0.717) is 17.2 Å². The number of aryl methyl sites for hydroxylation is 1. The van der Waals surface area contributed by atoms with Gasteiger partial charge in [0.05, 0.1) is 23.0 Å². The fourth-order valence-corrected chi connectivity index (χ4v) is 5.04. The van der Waals surface area contributed by atoms with Crippen LogP contribution in [0.2, 0.25) is 0 Å². The Kier molecular flexibility index (Phi) is 6.31. The first-order valence-corrected chi connectivity index (χ1v) is 12.3. The molecule has 6 nitrogen and oxygen atoms in total. The zero-order chi connectivity index (χ0) is 24.5. The Bertz CT molecular complexity index is 1380. The van der Waals surface area contributed by atoms with Crippen molar-refractivity contribution in [3.63, 3.8) is 0 Å². The molecule has 3 N–H and O–H groups in total. The number of fused-ring (bicyclic) bond motifs is 1. The summed E-state index contributed by atoms with van der Waals surface area (Å²) in [6.45, 7) is 7.19. The van der Waals surface area contributed by atoms with E-state index in [2.05, 4.69) is 44.3 Å². The molecule has 2 heterocycles. The van der Waals surface area contributed by atoms with E-state index >= 15 is 0 Å². The zero-order valence-corrected chi connectivity index (χ0v) is 20.5. The first-order chi connectivity index (χ1) is 16.9. The summed E-state index contributed by atoms with van der Waals surface area (Å²) in [5.41, 5.74) is 13.4. The van der Waals surface area contributed by atoms with Gasteiger partial charge in [-0.1, -0.05) is 44.2 Å². The van der Waals surface area contributed by atoms with Gasteiger partial charge in [0.1, 0.15) is 0 Å². The van der Waals surface area contributed by atoms with Crippen molar-refractivity contribution in [2.75, 3.05) is 11.9 Å². The third-order valence-corrected chi connectivity index (χ3v) is 6.84. The molecule has 1 unspecified atom stereocenters. The third-order valence-electron chi connectivity index (χ3n) is 6.84. The van der Waals surface area contributed by atoms with Crippen LogP contribution >= 0.6 is 0 Å². The lowest BCUT2D eigenvalue weighted by Crippen LogP contribution is -2.18. The SMILES string of the molecule is Cc1ccc2c(cnn2C2CCCCO2)c1-c1ccc(C(N)=O)c(Nc2ccccc2C(C)C)c1. The fourth-order valence-electron chi connectivity index (χ4n) is 5.04. The molecule has 1 aromatic heterocycles. The third kappa shape index (κ3) is 4.42. The van der Waals surface area contributed by atoms with E-state index in [1.165, 1.54) is 5.56 Å². The number of primary amides is 1. The molecule has 0 spiro atoms. The average molecular weight is 469 g/mol. The van der Waals surface area contributed by atoms with E-state index in [1.807, 2.05) is 47.3 Å². The first kappa shape index (κ1) is 23.1. The van der Waals surface area contributed by atoms with Crippen LogP contribution in [-0.4, -0.2) is 22.3 Å². The molecule has 1 fully saturated rings. The molecular weight excluding hydrogens is 436 g/mol. The molecule has 1 aliphatic rings. The summed E-state index contributed by atoms with van der Waals surface area (Å²) in [4.78, 5) is 12.3. The predicted octanol–water partition coefficient (Wildman–Crippen LogP) is 6.68. The van der Waals surface area contributed by atoms with Gasteiger partial charge in [-0.05, 0) is 78.6 Å². The number of hydrogen-bond donors (Lipinski definition) is 2. The van der Waals surface area contributed by atoms with Crippen molar-refractivity contribution in [3.8, 4) is 11.1 Å². The summed E-state index contributed by atoms with van der Waals surface area (Å²) in [6, 6.07) is 18.2. The maximum Gasteiger partial charge on any atom is 0.250 e. The van der Waals surface area contributed by atoms with Crippen molar-refractivity contribution >= 4 is 28.2 Å². The standard InChI is InChI=1S/C29H32N4O2/c1-18(2)21-8-4-5-9-24(21)32-25-16-20(12-13-22(25)29(30)34)28-19(3)11-14-26-23(28)17-31-33(26)27-10-6-7-15-35-27/h4-5,8-9,11-14,16-18,27,32H,6-7,10,15H2,1-3H3,(H2,30,34). The number of amides is 1. The van der Waals surface area contributed by atoms with Crippen LogP contribution in [0, 0.1) is 6.92 Å². The summed E-state index contributed by atoms with van der Waals surface area (Å²) in [7, 11) is 0. The molecule has 4 aromatic rings. The Hall–Kier alpha value is -3.64. The molecule has 0 saturated carbocycles. The van der Waals surface area contributed by atoms with Crippen LogP contribution in [0.3, 0.4) is 0 Å². The second-order valence-electron chi connectivity index (χ2n) is 9.59. The number of nitrogens with two attached hydrogens (primary N) is 1. The van der Waals surface area contributed by atoms with Gasteiger partial charge in [-0.3, -0.25) is 4.79 Å². The van der Waals surface area contributed by atoms with Crippen molar-refractivity contribution in [2.45, 2.75) is 52.2 Å². The normalized spacial score (nSPS) is 16.1. The summed E-state index contributed by atoms with van der Waals surface area (Å²) in [6.07, 6.45) is 5.11. The van der Waals surface area contributed by atoms with Crippen LogP contribution in [0.4, 0.5) is 11.4 Å². The lowest BCUT2D eigenvalue weighted by Gasteiger charge is -2.23. The zero-order valence-electron chi connectivity index (χ0n) is 20.5. The molecule has 3 aromatic carbocycles. The van der Waals surface area contributed by atoms with Gasteiger partial charge in [0.2, 0.25) is 0 Å². The minimum absolute atomic E-state index is 0.0289. The Morgan fingerprint density at radius 2 is 1.94 bits per heavy atom. The van der Waals surface area contributed by atoms with Gasteiger partial charge < -0.3 is 15.8 Å². The monoisotopic (exact) mass is 468 g/mol. The fraction of sp³-hybridized carbons (Fsp3) is 0.310. The first-order valence-electron chi connectivity index (χ1n) is 12.3. The van der Waals surface area contributed by atoms with Gasteiger partial charge in [0, 0.05) is 17.7 Å². The smallest absolute Gasteiger partial charge is 0.250 e. The molecule has 1 amide bonds. The van der Waals surface area contributed by atoms with E-state index in [9.17, 15) is 4.79 Å². The Labute approximate surface area is 206 Å². The van der Waals surface area contributed by atoms with E-state index in [-0.39, 0.29) is 6.23 Å². The summed E-state index contributed by atoms with van der Waals surface area (Å²) in [5.74, 6) is -0.124. The molecule has 1 saturated heterocycles. The number of carbonyl (C=O) groups is 1. The molecule has 0 bridgehead atoms. The van der Waals surface area contributed by atoms with Crippen LogP contribution < -0.4 is 11.1 Å². The molecule has 1 aliphatic heterocycles. The van der Waals surface area contributed by atoms with Gasteiger partial charge in [0.15, 0.2) is 6.23 Å². The number of rotatable bonds is 6. The number of nitrogens with one attached hydrogen (secondary N) is 1. The van der Waals surface area contributed by atoms with E-state index in [0.717, 1.165) is 59.2 Å². The number of carbonyl (C=O) groups excluding carboxylic acids is 1. The van der Waals surface area contributed by atoms with E-state index in [4.69, 9.17) is 15.6 Å². The molecule has 1 atom stereocenters. The Balaban J connectivity index is 1.62. The van der Waals surface area contributed by atoms with Crippen LogP contribution in [-0.2, 0) is 4.74 Å². The Morgan fingerprint density at radius 3 is 2.69 bits per heavy atom. The lowest BCUT2D eigenvalue weighted by atomic mass is 9.94. The van der Waals surface area contributed by atoms with Crippen LogP contribution in [0.5, 0.6) is 0 Å². The highest BCUT2D eigenvalue weighted by molar-refractivity contribution is 6.02. The highest BCUT2D eigenvalue weighted by Crippen LogP contribution is 2.37. The largest absolute Gasteiger partial charge is 0.366 e. The van der Waals surface area contributed by atoms with Gasteiger partial charge in [-0.25, -0.2) is 4.68 Å². The molecule has 35 heavy (non-hydrogen) atoms. The summed E-state index contributed by atoms with van der Waals surface area (Å²) >= 11 is 0. The minimum Gasteiger partial charge on any atom is -0.366 e. The van der Waals surface area contributed by atoms with Crippen molar-refractivity contribution in [3.05, 3.63) is 77.5 Å². The van der Waals surface area contributed by atoms with Crippen LogP contribution in [0.15, 0.2) is 60.8 Å². The van der Waals surface area contributed by atoms with Crippen molar-refractivity contribution in [1.29, 1.82) is 0 Å². The lowest BCUT2D eigenvalue weighted by molar-refractivity contribution is -0.0366. The highest BCUT2D eigenvalue weighted by Gasteiger charge is 2.21. The number of para-hydroxylation sites is 1. The second-order valence-corrected chi connectivity index (χ2v) is 9.59. The van der Waals surface area contributed by atoms with Gasteiger partial charge in [0.25, 0.3) is 5.91 Å². The van der Waals surface area contributed by atoms with Crippen LogP contribution in [0.25, 0.3) is 22.0 Å². The quantitative estimate of drug-likeness (QED) is 0.331. The minimum atomic E-state index is -0.460. The molecule has 180 valence electrons. The number of benzene rings is 3. The van der Waals surface area contributed by atoms with Gasteiger partial charge >= 0.3 is 0 Å². The maximum absolute atomic E-state index is 12.3. The maximum atomic E-state index is 12.3. The number of aromatic nitrogens is 2. The highest BCUT2D eigenvalue weighted by atomic mass is 16.5. The number of ether oxygens (including phenoxy) is 1. The molecule has 0 radical (unpaired) electrons. The molecule has 0 aliphatic carbocycles. The molecular formula is C29H32N4O2. The number of nitrogens with zero attached hydrogens (tertiary/aromatic N) is 2.